The van der Waals surface area contributed by atoms with Crippen molar-refractivity contribution in [1.82, 2.24) is 14.6 Å². The van der Waals surface area contributed by atoms with Crippen LogP contribution in [-0.4, -0.2) is 20.9 Å². The molecule has 0 aliphatic rings. The summed E-state index contributed by atoms with van der Waals surface area (Å²) in [4.78, 5) is 19.1. The third-order valence-corrected chi connectivity index (χ3v) is 7.66. The summed E-state index contributed by atoms with van der Waals surface area (Å²) in [5, 5.41) is 5.56. The normalized spacial score (nSPS) is 12.2. The zero-order valence-corrected chi connectivity index (χ0v) is 20.9. The molecule has 0 amide bonds. The molecule has 3 heterocycles. The monoisotopic (exact) mass is 533 g/mol. The van der Waals surface area contributed by atoms with Crippen LogP contribution >= 0.6 is 57.9 Å². The lowest BCUT2D eigenvalue weighted by molar-refractivity contribution is 0.571. The van der Waals surface area contributed by atoms with E-state index in [1.807, 2.05) is 18.4 Å². The molecule has 5 rings (SSSR count). The Labute approximate surface area is 211 Å². The molecule has 0 fully saturated rings. The molecular formula is C23H14Cl3N3O2S2. The third-order valence-electron chi connectivity index (χ3n) is 4.92. The number of furan rings is 1. The van der Waals surface area contributed by atoms with E-state index in [4.69, 9.17) is 39.2 Å². The van der Waals surface area contributed by atoms with Gasteiger partial charge in [-0.1, -0.05) is 58.3 Å². The van der Waals surface area contributed by atoms with Crippen molar-refractivity contribution in [3.63, 3.8) is 0 Å². The first-order valence-corrected chi connectivity index (χ1v) is 12.9. The second-order valence-electron chi connectivity index (χ2n) is 7.11. The van der Waals surface area contributed by atoms with E-state index < -0.39 is 0 Å². The van der Waals surface area contributed by atoms with E-state index in [-0.39, 0.29) is 5.56 Å². The predicted molar refractivity (Wildman–Crippen MR) is 136 cm³/mol. The lowest BCUT2D eigenvalue weighted by atomic mass is 10.1. The Morgan fingerprint density at radius 2 is 1.82 bits per heavy atom. The summed E-state index contributed by atoms with van der Waals surface area (Å²) in [6.45, 7) is 0. The molecule has 0 radical (unpaired) electrons. The van der Waals surface area contributed by atoms with E-state index in [9.17, 15) is 4.79 Å². The topological polar surface area (TPSA) is 60.4 Å². The van der Waals surface area contributed by atoms with Crippen molar-refractivity contribution >= 4 is 68.9 Å². The Hall–Kier alpha value is -2.29. The molecule has 3 aromatic heterocycles. The van der Waals surface area contributed by atoms with Gasteiger partial charge in [-0.05, 0) is 48.2 Å². The van der Waals surface area contributed by atoms with Gasteiger partial charge in [-0.3, -0.25) is 4.79 Å². The van der Waals surface area contributed by atoms with Gasteiger partial charge < -0.3 is 4.42 Å². The molecule has 0 bridgehead atoms. The van der Waals surface area contributed by atoms with Crippen molar-refractivity contribution in [2.75, 3.05) is 6.26 Å². The lowest BCUT2D eigenvalue weighted by Crippen LogP contribution is -2.23. The van der Waals surface area contributed by atoms with Gasteiger partial charge in [-0.15, -0.1) is 16.9 Å². The quantitative estimate of drug-likeness (QED) is 0.198. The molecular weight excluding hydrogens is 521 g/mol. The van der Waals surface area contributed by atoms with Crippen LogP contribution in [0.15, 0.2) is 62.6 Å². The summed E-state index contributed by atoms with van der Waals surface area (Å²) >= 11 is 21.3. The summed E-state index contributed by atoms with van der Waals surface area (Å²) < 4.78 is 7.68. The number of fused-ring (bicyclic) bond motifs is 1. The smallest absolute Gasteiger partial charge is 0.291 e. The molecule has 0 aliphatic carbocycles. The Morgan fingerprint density at radius 1 is 1.06 bits per heavy atom. The summed E-state index contributed by atoms with van der Waals surface area (Å²) in [7, 11) is 0. The van der Waals surface area contributed by atoms with Crippen LogP contribution in [0, 0.1) is 0 Å². The molecule has 0 spiro atoms. The van der Waals surface area contributed by atoms with Gasteiger partial charge in [-0.2, -0.15) is 4.52 Å². The van der Waals surface area contributed by atoms with Gasteiger partial charge in [0.15, 0.2) is 5.82 Å². The standard InChI is InChI=1S/C23H14Cl3N3O2S2/c1-32-14-5-2-12(3-6-14)8-21-27-23-29(28-21)22(30)20(33-23)9-13-4-7-19(31-13)15-10-17(25)18(26)11-16(15)24/h2-7,9-11H,8H2,1H3/b20-9-. The zero-order valence-electron chi connectivity index (χ0n) is 17.0. The molecule has 0 unspecified atom stereocenters. The minimum Gasteiger partial charge on any atom is -0.457 e. The zero-order chi connectivity index (χ0) is 23.1. The summed E-state index contributed by atoms with van der Waals surface area (Å²) in [6, 6.07) is 15.0. The molecule has 166 valence electrons. The lowest BCUT2D eigenvalue weighted by Gasteiger charge is -2.03. The molecule has 0 saturated heterocycles. The molecule has 33 heavy (non-hydrogen) atoms. The van der Waals surface area contributed by atoms with Gasteiger partial charge in [0, 0.05) is 23.0 Å². The number of halogens is 3. The third kappa shape index (κ3) is 4.56. The molecule has 0 aliphatic heterocycles. The highest BCUT2D eigenvalue weighted by Gasteiger charge is 2.14. The minimum absolute atomic E-state index is 0.239. The van der Waals surface area contributed by atoms with Crippen molar-refractivity contribution in [1.29, 1.82) is 0 Å². The van der Waals surface area contributed by atoms with Crippen LogP contribution in [0.3, 0.4) is 0 Å². The van der Waals surface area contributed by atoms with E-state index in [1.165, 1.54) is 20.7 Å². The average molecular weight is 535 g/mol. The molecule has 0 atom stereocenters. The fourth-order valence-corrected chi connectivity index (χ4v) is 5.25. The van der Waals surface area contributed by atoms with Gasteiger partial charge in [0.25, 0.3) is 5.56 Å². The van der Waals surface area contributed by atoms with Crippen LogP contribution in [0.1, 0.15) is 17.1 Å². The fraction of sp³-hybridized carbons (Fsp3) is 0.0870. The number of nitrogens with zero attached hydrogens (tertiary/aromatic N) is 3. The van der Waals surface area contributed by atoms with Gasteiger partial charge in [-0.25, -0.2) is 4.98 Å². The van der Waals surface area contributed by atoms with Gasteiger partial charge >= 0.3 is 0 Å². The molecule has 0 saturated carbocycles. The fourth-order valence-electron chi connectivity index (χ4n) is 3.29. The van der Waals surface area contributed by atoms with Crippen molar-refractivity contribution in [2.45, 2.75) is 11.3 Å². The van der Waals surface area contributed by atoms with Gasteiger partial charge in [0.05, 0.1) is 15.1 Å². The van der Waals surface area contributed by atoms with E-state index in [1.54, 1.807) is 42.1 Å². The average Bonchev–Trinajstić information content (AvgIpc) is 3.49. The van der Waals surface area contributed by atoms with Crippen LogP contribution in [0.5, 0.6) is 0 Å². The maximum atomic E-state index is 12.8. The first kappa shape index (κ1) is 22.5. The van der Waals surface area contributed by atoms with E-state index in [2.05, 4.69) is 22.2 Å². The second kappa shape index (κ2) is 9.16. The number of benzene rings is 2. The predicted octanol–water partition coefficient (Wildman–Crippen LogP) is 6.23. The number of thioether (sulfide) groups is 1. The Bertz CT molecular complexity index is 1590. The van der Waals surface area contributed by atoms with E-state index in [0.29, 0.717) is 53.9 Å². The van der Waals surface area contributed by atoms with Crippen LogP contribution in [-0.2, 0) is 6.42 Å². The molecule has 0 N–H and O–H groups in total. The molecule has 5 nitrogen and oxygen atoms in total. The highest BCUT2D eigenvalue weighted by Crippen LogP contribution is 2.36. The number of hydrogen-bond donors (Lipinski definition) is 0. The molecule has 2 aromatic carbocycles. The van der Waals surface area contributed by atoms with Gasteiger partial charge in [0.2, 0.25) is 4.96 Å². The second-order valence-corrected chi connectivity index (χ2v) is 10.2. The van der Waals surface area contributed by atoms with E-state index >= 15 is 0 Å². The first-order chi connectivity index (χ1) is 15.9. The van der Waals surface area contributed by atoms with Crippen molar-refractivity contribution < 1.29 is 4.42 Å². The molecule has 5 aromatic rings. The number of hydrogen-bond acceptors (Lipinski definition) is 6. The number of thiazole rings is 1. The number of aromatic nitrogens is 3. The Kier molecular flexibility index (Phi) is 6.24. The number of rotatable bonds is 5. The summed E-state index contributed by atoms with van der Waals surface area (Å²) in [5.41, 5.74) is 1.47. The van der Waals surface area contributed by atoms with Crippen LogP contribution in [0.4, 0.5) is 0 Å². The van der Waals surface area contributed by atoms with Crippen molar-refractivity contribution in [2.24, 2.45) is 0 Å². The van der Waals surface area contributed by atoms with E-state index in [0.717, 1.165) is 5.56 Å². The first-order valence-electron chi connectivity index (χ1n) is 9.69. The molecule has 10 heteroatoms. The SMILES string of the molecule is CSc1ccc(Cc2nc3s/c(=C\c4ccc(-c5cc(Cl)c(Cl)cc5Cl)o4)c(=O)n3n2)cc1. The maximum absolute atomic E-state index is 12.8. The van der Waals surface area contributed by atoms with Crippen LogP contribution in [0.25, 0.3) is 22.4 Å². The maximum Gasteiger partial charge on any atom is 0.291 e. The van der Waals surface area contributed by atoms with Gasteiger partial charge in [0.1, 0.15) is 16.1 Å². The summed E-state index contributed by atoms with van der Waals surface area (Å²) in [5.74, 6) is 1.63. The highest BCUT2D eigenvalue weighted by atomic mass is 35.5. The largest absolute Gasteiger partial charge is 0.457 e. The Balaban J connectivity index is 1.43. The van der Waals surface area contributed by atoms with Crippen LogP contribution < -0.4 is 10.1 Å². The van der Waals surface area contributed by atoms with Crippen molar-refractivity contribution in [3.8, 4) is 11.3 Å². The highest BCUT2D eigenvalue weighted by molar-refractivity contribution is 7.98. The minimum atomic E-state index is -0.239. The Morgan fingerprint density at radius 3 is 2.55 bits per heavy atom. The van der Waals surface area contributed by atoms with Crippen molar-refractivity contribution in [3.05, 3.63) is 95.6 Å². The van der Waals surface area contributed by atoms with Crippen LogP contribution in [0.2, 0.25) is 15.1 Å². The summed E-state index contributed by atoms with van der Waals surface area (Å²) in [6.07, 6.45) is 4.27.